The summed E-state index contributed by atoms with van der Waals surface area (Å²) in [6.45, 7) is 1.19. The van der Waals surface area contributed by atoms with Crippen LogP contribution in [0.1, 0.15) is 12.5 Å². The summed E-state index contributed by atoms with van der Waals surface area (Å²) in [5, 5.41) is 0. The molecule has 0 aliphatic rings. The van der Waals surface area contributed by atoms with Crippen molar-refractivity contribution in [1.29, 1.82) is 0 Å². The van der Waals surface area contributed by atoms with E-state index in [0.29, 0.717) is 0 Å². The molecule has 0 N–H and O–H groups in total. The van der Waals surface area contributed by atoms with Gasteiger partial charge in [-0.3, -0.25) is 0 Å². The van der Waals surface area contributed by atoms with E-state index in [-0.39, 0.29) is 11.1 Å². The molecule has 0 amide bonds. The summed E-state index contributed by atoms with van der Waals surface area (Å²) in [4.78, 5) is 0. The zero-order valence-electron chi connectivity index (χ0n) is 6.44. The van der Waals surface area contributed by atoms with Crippen LogP contribution >= 0.6 is 0 Å². The molecule has 0 bridgehead atoms. The first-order valence-electron chi connectivity index (χ1n) is 3.39. The van der Waals surface area contributed by atoms with Crippen LogP contribution in [0.5, 0.6) is 0 Å². The molecule has 1 aromatic rings. The SMILES string of the molecule is CC(=C(F)F)c1ccccc1F. The average molecular weight is 172 g/mol. The molecule has 0 atom stereocenters. The van der Waals surface area contributed by atoms with Crippen molar-refractivity contribution in [3.8, 4) is 0 Å². The second-order valence-electron chi connectivity index (χ2n) is 2.37. The fourth-order valence-corrected chi connectivity index (χ4v) is 0.867. The molecule has 3 heteroatoms. The Hall–Kier alpha value is -1.25. The van der Waals surface area contributed by atoms with E-state index in [4.69, 9.17) is 0 Å². The summed E-state index contributed by atoms with van der Waals surface area (Å²) >= 11 is 0. The molecule has 0 aromatic heterocycles. The van der Waals surface area contributed by atoms with Gasteiger partial charge < -0.3 is 0 Å². The molecule has 0 spiro atoms. The molecule has 0 saturated carbocycles. The maximum absolute atomic E-state index is 12.8. The molecule has 0 unspecified atom stereocenters. The van der Waals surface area contributed by atoms with E-state index in [9.17, 15) is 13.2 Å². The van der Waals surface area contributed by atoms with Gasteiger partial charge in [0.1, 0.15) is 5.82 Å². The average Bonchev–Trinajstić information content (AvgIpc) is 2.04. The smallest absolute Gasteiger partial charge is 0.206 e. The van der Waals surface area contributed by atoms with Crippen molar-refractivity contribution < 1.29 is 13.2 Å². The van der Waals surface area contributed by atoms with E-state index in [1.807, 2.05) is 0 Å². The Balaban J connectivity index is 3.21. The molecule has 0 aliphatic heterocycles. The molecular weight excluding hydrogens is 165 g/mol. The molecule has 12 heavy (non-hydrogen) atoms. The minimum Gasteiger partial charge on any atom is -0.206 e. The van der Waals surface area contributed by atoms with Crippen molar-refractivity contribution in [2.24, 2.45) is 0 Å². The van der Waals surface area contributed by atoms with Gasteiger partial charge in [-0.2, -0.15) is 8.78 Å². The van der Waals surface area contributed by atoms with Gasteiger partial charge in [0, 0.05) is 11.1 Å². The van der Waals surface area contributed by atoms with E-state index in [1.54, 1.807) is 0 Å². The van der Waals surface area contributed by atoms with Crippen molar-refractivity contribution in [1.82, 2.24) is 0 Å². The Morgan fingerprint density at radius 2 is 1.75 bits per heavy atom. The van der Waals surface area contributed by atoms with E-state index in [1.165, 1.54) is 25.1 Å². The van der Waals surface area contributed by atoms with Crippen molar-refractivity contribution in [2.75, 3.05) is 0 Å². The van der Waals surface area contributed by atoms with Crippen molar-refractivity contribution in [3.05, 3.63) is 41.7 Å². The van der Waals surface area contributed by atoms with Crippen LogP contribution in [-0.2, 0) is 0 Å². The first-order chi connectivity index (χ1) is 5.63. The highest BCUT2D eigenvalue weighted by molar-refractivity contribution is 5.64. The Labute approximate surface area is 68.3 Å². The topological polar surface area (TPSA) is 0 Å². The second-order valence-corrected chi connectivity index (χ2v) is 2.37. The van der Waals surface area contributed by atoms with E-state index in [0.717, 1.165) is 6.07 Å². The largest absolute Gasteiger partial charge is 0.273 e. The third kappa shape index (κ3) is 1.67. The molecule has 0 aliphatic carbocycles. The number of hydrogen-bond donors (Lipinski definition) is 0. The summed E-state index contributed by atoms with van der Waals surface area (Å²) in [6, 6.07) is 5.46. The molecule has 0 heterocycles. The van der Waals surface area contributed by atoms with Gasteiger partial charge in [-0.25, -0.2) is 4.39 Å². The fraction of sp³-hybridized carbons (Fsp3) is 0.111. The number of rotatable bonds is 1. The lowest BCUT2D eigenvalue weighted by Gasteiger charge is -2.00. The second kappa shape index (κ2) is 3.43. The molecule has 1 aromatic carbocycles. The lowest BCUT2D eigenvalue weighted by Crippen LogP contribution is -1.86. The minimum absolute atomic E-state index is 0.0440. The van der Waals surface area contributed by atoms with Gasteiger partial charge in [-0.1, -0.05) is 18.2 Å². The summed E-state index contributed by atoms with van der Waals surface area (Å²) < 4.78 is 36.8. The predicted octanol–water partition coefficient (Wildman–Crippen LogP) is 3.45. The van der Waals surface area contributed by atoms with Crippen LogP contribution in [-0.4, -0.2) is 0 Å². The molecule has 0 radical (unpaired) electrons. The van der Waals surface area contributed by atoms with Gasteiger partial charge in [-0.05, 0) is 13.0 Å². The number of benzene rings is 1. The first-order valence-corrected chi connectivity index (χ1v) is 3.39. The van der Waals surface area contributed by atoms with Gasteiger partial charge in [0.2, 0.25) is 0 Å². The van der Waals surface area contributed by atoms with Crippen LogP contribution in [0.3, 0.4) is 0 Å². The van der Waals surface area contributed by atoms with Crippen LogP contribution in [0.15, 0.2) is 30.3 Å². The Morgan fingerprint density at radius 1 is 1.17 bits per heavy atom. The number of halogens is 3. The molecule has 64 valence electrons. The third-order valence-corrected chi connectivity index (χ3v) is 1.56. The summed E-state index contributed by atoms with van der Waals surface area (Å²) in [6.07, 6.45) is -1.85. The first kappa shape index (κ1) is 8.84. The predicted molar refractivity (Wildman–Crippen MR) is 41.2 cm³/mol. The summed E-state index contributed by atoms with van der Waals surface area (Å²) in [7, 11) is 0. The number of hydrogen-bond acceptors (Lipinski definition) is 0. The summed E-state index contributed by atoms with van der Waals surface area (Å²) in [5.41, 5.74) is -0.356. The third-order valence-electron chi connectivity index (χ3n) is 1.56. The molecular formula is C9H7F3. The lowest BCUT2D eigenvalue weighted by molar-refractivity contribution is 0.424. The zero-order valence-corrected chi connectivity index (χ0v) is 6.44. The lowest BCUT2D eigenvalue weighted by atomic mass is 10.1. The fourth-order valence-electron chi connectivity index (χ4n) is 0.867. The van der Waals surface area contributed by atoms with Gasteiger partial charge in [0.25, 0.3) is 6.08 Å². The molecule has 0 fully saturated rings. The minimum atomic E-state index is -1.85. The monoisotopic (exact) mass is 172 g/mol. The van der Waals surface area contributed by atoms with Gasteiger partial charge in [-0.15, -0.1) is 0 Å². The van der Waals surface area contributed by atoms with Crippen molar-refractivity contribution in [2.45, 2.75) is 6.92 Å². The molecule has 0 saturated heterocycles. The highest BCUT2D eigenvalue weighted by atomic mass is 19.3. The zero-order chi connectivity index (χ0) is 9.14. The Kier molecular flexibility index (Phi) is 2.53. The van der Waals surface area contributed by atoms with Crippen LogP contribution in [0.4, 0.5) is 13.2 Å². The molecule has 0 nitrogen and oxygen atoms in total. The van der Waals surface area contributed by atoms with Crippen LogP contribution in [0.2, 0.25) is 0 Å². The van der Waals surface area contributed by atoms with E-state index < -0.39 is 11.9 Å². The summed E-state index contributed by atoms with van der Waals surface area (Å²) in [5.74, 6) is -0.622. The van der Waals surface area contributed by atoms with Crippen LogP contribution in [0.25, 0.3) is 5.57 Å². The van der Waals surface area contributed by atoms with Crippen molar-refractivity contribution in [3.63, 3.8) is 0 Å². The Morgan fingerprint density at radius 3 is 2.25 bits per heavy atom. The van der Waals surface area contributed by atoms with Gasteiger partial charge >= 0.3 is 0 Å². The van der Waals surface area contributed by atoms with E-state index >= 15 is 0 Å². The van der Waals surface area contributed by atoms with Gasteiger partial charge in [0.05, 0.1) is 0 Å². The standard InChI is InChI=1S/C9H7F3/c1-6(9(11)12)7-4-2-3-5-8(7)10/h2-5H,1H3. The van der Waals surface area contributed by atoms with Crippen LogP contribution in [0, 0.1) is 5.82 Å². The van der Waals surface area contributed by atoms with E-state index in [2.05, 4.69) is 0 Å². The highest BCUT2D eigenvalue weighted by Crippen LogP contribution is 2.21. The molecule has 1 rings (SSSR count). The normalized spacial score (nSPS) is 9.67. The Bertz CT molecular complexity index is 311. The van der Waals surface area contributed by atoms with Gasteiger partial charge in [0.15, 0.2) is 0 Å². The maximum atomic E-state index is 12.8. The van der Waals surface area contributed by atoms with Crippen LogP contribution < -0.4 is 0 Å². The maximum Gasteiger partial charge on any atom is 0.273 e. The number of allylic oxidation sites excluding steroid dienone is 1. The van der Waals surface area contributed by atoms with Crippen molar-refractivity contribution >= 4 is 5.57 Å². The highest BCUT2D eigenvalue weighted by Gasteiger charge is 2.07. The quantitative estimate of drug-likeness (QED) is 0.608.